The van der Waals surface area contributed by atoms with Crippen LogP contribution in [0.2, 0.25) is 5.02 Å². The van der Waals surface area contributed by atoms with Gasteiger partial charge in [0.15, 0.2) is 0 Å². The van der Waals surface area contributed by atoms with Gasteiger partial charge < -0.3 is 14.4 Å². The SMILES string of the molecule is Clc1ccc(Oc2nccnc2[C@@H]2CCCN(Cc3ccnc(N4CCOCC4)n3)C2)cc1. The molecule has 0 unspecified atom stereocenters. The van der Waals surface area contributed by atoms with Crippen LogP contribution in [0.5, 0.6) is 11.6 Å². The summed E-state index contributed by atoms with van der Waals surface area (Å²) in [5, 5.41) is 0.672. The third-order valence-corrected chi connectivity index (χ3v) is 6.24. The third kappa shape index (κ3) is 5.58. The molecule has 5 rings (SSSR count). The normalized spacial score (nSPS) is 19.4. The number of morpholine rings is 1. The molecule has 8 nitrogen and oxygen atoms in total. The van der Waals surface area contributed by atoms with Crippen molar-refractivity contribution >= 4 is 17.5 Å². The molecule has 2 fully saturated rings. The molecule has 0 saturated carbocycles. The predicted octanol–water partition coefficient (Wildman–Crippen LogP) is 3.93. The summed E-state index contributed by atoms with van der Waals surface area (Å²) in [6.45, 7) is 5.80. The number of halogens is 1. The van der Waals surface area contributed by atoms with Crippen molar-refractivity contribution in [2.45, 2.75) is 25.3 Å². The second-order valence-corrected chi connectivity index (χ2v) is 8.76. The van der Waals surface area contributed by atoms with E-state index in [9.17, 15) is 0 Å². The van der Waals surface area contributed by atoms with Crippen LogP contribution in [-0.4, -0.2) is 64.2 Å². The summed E-state index contributed by atoms with van der Waals surface area (Å²) in [5.74, 6) is 2.29. The Morgan fingerprint density at radius 2 is 1.79 bits per heavy atom. The van der Waals surface area contributed by atoms with E-state index in [2.05, 4.69) is 24.8 Å². The Balaban J connectivity index is 1.27. The maximum absolute atomic E-state index is 6.07. The highest BCUT2D eigenvalue weighted by molar-refractivity contribution is 6.30. The lowest BCUT2D eigenvalue weighted by molar-refractivity contribution is 0.122. The van der Waals surface area contributed by atoms with Crippen molar-refractivity contribution in [1.29, 1.82) is 0 Å². The monoisotopic (exact) mass is 466 g/mol. The maximum Gasteiger partial charge on any atom is 0.241 e. The van der Waals surface area contributed by atoms with Gasteiger partial charge in [-0.2, -0.15) is 0 Å². The average Bonchev–Trinajstić information content (AvgIpc) is 2.87. The molecule has 172 valence electrons. The van der Waals surface area contributed by atoms with E-state index in [-0.39, 0.29) is 5.92 Å². The molecule has 0 radical (unpaired) electrons. The first-order valence-corrected chi connectivity index (χ1v) is 11.7. The van der Waals surface area contributed by atoms with Crippen LogP contribution in [0.15, 0.2) is 48.9 Å². The Labute approximate surface area is 198 Å². The molecule has 2 aliphatic rings. The largest absolute Gasteiger partial charge is 0.437 e. The molecule has 0 amide bonds. The van der Waals surface area contributed by atoms with E-state index in [1.807, 2.05) is 36.5 Å². The van der Waals surface area contributed by atoms with Crippen molar-refractivity contribution in [2.24, 2.45) is 0 Å². The summed E-state index contributed by atoms with van der Waals surface area (Å²) >= 11 is 6.00. The van der Waals surface area contributed by atoms with E-state index in [1.54, 1.807) is 12.4 Å². The number of benzene rings is 1. The van der Waals surface area contributed by atoms with E-state index in [0.717, 1.165) is 76.1 Å². The number of hydrogen-bond donors (Lipinski definition) is 0. The van der Waals surface area contributed by atoms with E-state index < -0.39 is 0 Å². The van der Waals surface area contributed by atoms with E-state index in [4.69, 9.17) is 26.1 Å². The lowest BCUT2D eigenvalue weighted by Gasteiger charge is -2.32. The Bertz CT molecular complexity index is 1060. The molecule has 33 heavy (non-hydrogen) atoms. The Morgan fingerprint density at radius 1 is 0.970 bits per heavy atom. The van der Waals surface area contributed by atoms with E-state index >= 15 is 0 Å². The van der Waals surface area contributed by atoms with Crippen molar-refractivity contribution in [1.82, 2.24) is 24.8 Å². The lowest BCUT2D eigenvalue weighted by atomic mass is 9.94. The number of hydrogen-bond acceptors (Lipinski definition) is 8. The van der Waals surface area contributed by atoms with Crippen LogP contribution in [0.3, 0.4) is 0 Å². The van der Waals surface area contributed by atoms with Gasteiger partial charge in [-0.05, 0) is 49.7 Å². The number of rotatable bonds is 6. The van der Waals surface area contributed by atoms with Gasteiger partial charge >= 0.3 is 0 Å². The summed E-state index contributed by atoms with van der Waals surface area (Å²) in [4.78, 5) is 23.0. The summed E-state index contributed by atoms with van der Waals surface area (Å²) in [7, 11) is 0. The van der Waals surface area contributed by atoms with E-state index in [1.165, 1.54) is 0 Å². The molecular formula is C24H27ClN6O2. The highest BCUT2D eigenvalue weighted by atomic mass is 35.5. The van der Waals surface area contributed by atoms with Crippen molar-refractivity contribution < 1.29 is 9.47 Å². The zero-order valence-corrected chi connectivity index (χ0v) is 19.2. The predicted molar refractivity (Wildman–Crippen MR) is 126 cm³/mol. The molecule has 2 saturated heterocycles. The minimum Gasteiger partial charge on any atom is -0.437 e. The number of anilines is 1. The van der Waals surface area contributed by atoms with Crippen molar-refractivity contribution in [3.05, 3.63) is 65.3 Å². The van der Waals surface area contributed by atoms with Crippen LogP contribution in [0.25, 0.3) is 0 Å². The molecule has 1 aromatic carbocycles. The highest BCUT2D eigenvalue weighted by Gasteiger charge is 2.26. The van der Waals surface area contributed by atoms with Gasteiger partial charge in [0, 0.05) is 55.7 Å². The highest BCUT2D eigenvalue weighted by Crippen LogP contribution is 2.33. The first-order valence-electron chi connectivity index (χ1n) is 11.4. The van der Waals surface area contributed by atoms with Gasteiger partial charge in [0.05, 0.1) is 18.9 Å². The van der Waals surface area contributed by atoms with Crippen molar-refractivity contribution in [3.63, 3.8) is 0 Å². The van der Waals surface area contributed by atoms with Gasteiger partial charge in [-0.3, -0.25) is 9.88 Å². The number of nitrogens with zero attached hydrogens (tertiary/aromatic N) is 6. The van der Waals surface area contributed by atoms with Crippen LogP contribution < -0.4 is 9.64 Å². The average molecular weight is 467 g/mol. The maximum atomic E-state index is 6.07. The number of piperidine rings is 1. The molecular weight excluding hydrogens is 440 g/mol. The second-order valence-electron chi connectivity index (χ2n) is 8.32. The molecule has 0 aliphatic carbocycles. The number of likely N-dealkylation sites (tertiary alicyclic amines) is 1. The van der Waals surface area contributed by atoms with Crippen LogP contribution in [0, 0.1) is 0 Å². The summed E-state index contributed by atoms with van der Waals surface area (Å²) in [6.07, 6.45) is 7.40. The fourth-order valence-electron chi connectivity index (χ4n) is 4.35. The Kier molecular flexibility index (Phi) is 6.95. The molecule has 0 spiro atoms. The molecule has 2 aliphatic heterocycles. The Morgan fingerprint density at radius 3 is 2.64 bits per heavy atom. The van der Waals surface area contributed by atoms with Crippen LogP contribution in [0.1, 0.15) is 30.1 Å². The van der Waals surface area contributed by atoms with E-state index in [0.29, 0.717) is 16.7 Å². The van der Waals surface area contributed by atoms with Crippen LogP contribution in [-0.2, 0) is 11.3 Å². The summed E-state index contributed by atoms with van der Waals surface area (Å²) < 4.78 is 11.5. The molecule has 4 heterocycles. The zero-order valence-electron chi connectivity index (χ0n) is 18.4. The first kappa shape index (κ1) is 22.0. The second kappa shape index (κ2) is 10.4. The van der Waals surface area contributed by atoms with Gasteiger partial charge in [0.2, 0.25) is 11.8 Å². The smallest absolute Gasteiger partial charge is 0.241 e. The minimum absolute atomic E-state index is 0.246. The first-order chi connectivity index (χ1) is 16.2. The van der Waals surface area contributed by atoms with Gasteiger partial charge in [0.25, 0.3) is 0 Å². The standard InChI is InChI=1S/C24H27ClN6O2/c25-19-3-5-21(6-4-19)33-23-22(26-9-10-27-23)18-2-1-11-30(16-18)17-20-7-8-28-24(29-20)31-12-14-32-15-13-31/h3-10,18H,1-2,11-17H2/t18-/m1/s1. The Hall–Kier alpha value is -2.81. The third-order valence-electron chi connectivity index (χ3n) is 5.99. The zero-order chi connectivity index (χ0) is 22.5. The molecule has 0 N–H and O–H groups in total. The minimum atomic E-state index is 0.246. The van der Waals surface area contributed by atoms with Gasteiger partial charge in [-0.15, -0.1) is 0 Å². The summed E-state index contributed by atoms with van der Waals surface area (Å²) in [6, 6.07) is 9.31. The fraction of sp³-hybridized carbons (Fsp3) is 0.417. The van der Waals surface area contributed by atoms with Gasteiger partial charge in [-0.1, -0.05) is 11.6 Å². The van der Waals surface area contributed by atoms with Crippen LogP contribution >= 0.6 is 11.6 Å². The lowest BCUT2D eigenvalue weighted by Crippen LogP contribution is -2.38. The summed E-state index contributed by atoms with van der Waals surface area (Å²) in [5.41, 5.74) is 1.93. The number of ether oxygens (including phenoxy) is 2. The molecule has 0 bridgehead atoms. The topological polar surface area (TPSA) is 76.5 Å². The van der Waals surface area contributed by atoms with Crippen LogP contribution in [0.4, 0.5) is 5.95 Å². The number of aromatic nitrogens is 4. The fourth-order valence-corrected chi connectivity index (χ4v) is 4.47. The quantitative estimate of drug-likeness (QED) is 0.541. The molecule has 9 heteroatoms. The van der Waals surface area contributed by atoms with Crippen molar-refractivity contribution in [3.8, 4) is 11.6 Å². The van der Waals surface area contributed by atoms with Gasteiger partial charge in [0.1, 0.15) is 11.4 Å². The van der Waals surface area contributed by atoms with Gasteiger partial charge in [-0.25, -0.2) is 15.0 Å². The van der Waals surface area contributed by atoms with Crippen molar-refractivity contribution in [2.75, 3.05) is 44.3 Å². The molecule has 3 aromatic rings. The molecule has 2 aromatic heterocycles. The molecule has 1 atom stereocenters.